The van der Waals surface area contributed by atoms with Gasteiger partial charge in [-0.25, -0.2) is 9.59 Å². The lowest BCUT2D eigenvalue weighted by atomic mass is 9.92. The molecule has 1 aromatic carbocycles. The number of carboxylic acids is 1. The third-order valence-electron chi connectivity index (χ3n) is 6.45. The third kappa shape index (κ3) is 3.66. The zero-order chi connectivity index (χ0) is 23.3. The van der Waals surface area contributed by atoms with Gasteiger partial charge in [0, 0.05) is 21.5 Å². The minimum Gasteiger partial charge on any atom is -0.494 e. The Labute approximate surface area is 193 Å². The monoisotopic (exact) mass is 468 g/mol. The SMILES string of the molecule is COC(=O)NC1CCCc2sc(-c3c(C4CC4)cc4c(=O)c(C(=O)O)c[nH]c4c3OC)cc21. The second kappa shape index (κ2) is 8.22. The number of aromatic carboxylic acids is 1. The Morgan fingerprint density at radius 1 is 1.18 bits per heavy atom. The van der Waals surface area contributed by atoms with E-state index in [0.29, 0.717) is 22.6 Å². The van der Waals surface area contributed by atoms with Crippen molar-refractivity contribution in [1.29, 1.82) is 0 Å². The van der Waals surface area contributed by atoms with E-state index in [9.17, 15) is 19.5 Å². The topological polar surface area (TPSA) is 118 Å². The van der Waals surface area contributed by atoms with E-state index in [1.807, 2.05) is 6.07 Å². The first-order valence-corrected chi connectivity index (χ1v) is 11.7. The van der Waals surface area contributed by atoms with E-state index in [1.165, 1.54) is 18.2 Å². The van der Waals surface area contributed by atoms with Crippen LogP contribution in [0.1, 0.15) is 64.0 Å². The highest BCUT2D eigenvalue weighted by Gasteiger charge is 2.33. The Kier molecular flexibility index (Phi) is 5.36. The van der Waals surface area contributed by atoms with Crippen molar-refractivity contribution in [2.24, 2.45) is 0 Å². The highest BCUT2D eigenvalue weighted by molar-refractivity contribution is 7.15. The molecule has 1 unspecified atom stereocenters. The number of carbonyl (C=O) groups excluding carboxylic acids is 1. The Hall–Kier alpha value is -3.33. The Balaban J connectivity index is 1.71. The quantitative estimate of drug-likeness (QED) is 0.505. The Bertz CT molecular complexity index is 1340. The van der Waals surface area contributed by atoms with Gasteiger partial charge in [0.2, 0.25) is 5.43 Å². The van der Waals surface area contributed by atoms with Crippen LogP contribution in [0.5, 0.6) is 5.75 Å². The summed E-state index contributed by atoms with van der Waals surface area (Å²) in [6.45, 7) is 0. The number of rotatable bonds is 5. The molecule has 33 heavy (non-hydrogen) atoms. The number of pyridine rings is 1. The number of aryl methyl sites for hydroxylation is 1. The molecule has 8 nitrogen and oxygen atoms in total. The molecule has 1 atom stereocenters. The van der Waals surface area contributed by atoms with Crippen molar-refractivity contribution in [3.63, 3.8) is 0 Å². The summed E-state index contributed by atoms with van der Waals surface area (Å²) in [7, 11) is 2.92. The van der Waals surface area contributed by atoms with Crippen molar-refractivity contribution in [3.8, 4) is 16.2 Å². The number of aromatic nitrogens is 1. The summed E-state index contributed by atoms with van der Waals surface area (Å²) in [6, 6.07) is 3.83. The zero-order valence-corrected chi connectivity index (χ0v) is 19.1. The van der Waals surface area contributed by atoms with Crippen molar-refractivity contribution in [1.82, 2.24) is 10.3 Å². The lowest BCUT2D eigenvalue weighted by molar-refractivity contribution is 0.0695. The van der Waals surface area contributed by atoms with Crippen LogP contribution in [-0.2, 0) is 11.2 Å². The molecule has 2 aliphatic carbocycles. The summed E-state index contributed by atoms with van der Waals surface area (Å²) < 4.78 is 10.6. The van der Waals surface area contributed by atoms with Crippen molar-refractivity contribution < 1.29 is 24.2 Å². The molecule has 3 N–H and O–H groups in total. The molecule has 172 valence electrons. The van der Waals surface area contributed by atoms with Crippen LogP contribution in [0.3, 0.4) is 0 Å². The van der Waals surface area contributed by atoms with Crippen LogP contribution in [-0.4, -0.2) is 36.4 Å². The average molecular weight is 469 g/mol. The van der Waals surface area contributed by atoms with Gasteiger partial charge in [-0.05, 0) is 61.3 Å². The van der Waals surface area contributed by atoms with Crippen molar-refractivity contribution in [3.05, 3.63) is 50.1 Å². The Morgan fingerprint density at radius 3 is 2.64 bits per heavy atom. The molecule has 0 saturated heterocycles. The maximum Gasteiger partial charge on any atom is 0.407 e. The van der Waals surface area contributed by atoms with Crippen molar-refractivity contribution >= 4 is 34.3 Å². The molecule has 9 heteroatoms. The van der Waals surface area contributed by atoms with Gasteiger partial charge in [0.1, 0.15) is 5.56 Å². The van der Waals surface area contributed by atoms with Gasteiger partial charge in [-0.1, -0.05) is 0 Å². The number of alkyl carbamates (subject to hydrolysis) is 1. The normalized spacial score (nSPS) is 17.5. The van der Waals surface area contributed by atoms with Crippen LogP contribution >= 0.6 is 11.3 Å². The molecule has 3 aromatic rings. The van der Waals surface area contributed by atoms with Crippen LogP contribution in [0.4, 0.5) is 4.79 Å². The predicted molar refractivity (Wildman–Crippen MR) is 125 cm³/mol. The van der Waals surface area contributed by atoms with Gasteiger partial charge in [0.05, 0.1) is 31.2 Å². The molecule has 1 amide bonds. The molecule has 0 aliphatic heterocycles. The van der Waals surface area contributed by atoms with Gasteiger partial charge >= 0.3 is 12.1 Å². The lowest BCUT2D eigenvalue weighted by Crippen LogP contribution is -2.30. The second-order valence-electron chi connectivity index (χ2n) is 8.48. The molecule has 5 rings (SSSR count). The van der Waals surface area contributed by atoms with E-state index in [1.54, 1.807) is 18.4 Å². The molecule has 2 aliphatic rings. The summed E-state index contributed by atoms with van der Waals surface area (Å²) in [5.74, 6) is -0.418. The number of ether oxygens (including phenoxy) is 2. The van der Waals surface area contributed by atoms with Gasteiger partial charge in [0.15, 0.2) is 5.75 Å². The van der Waals surface area contributed by atoms with E-state index in [0.717, 1.165) is 53.7 Å². The van der Waals surface area contributed by atoms with Gasteiger partial charge in [-0.15, -0.1) is 11.3 Å². The maximum absolute atomic E-state index is 12.9. The number of hydrogen-bond donors (Lipinski definition) is 3. The van der Waals surface area contributed by atoms with Gasteiger partial charge in [-0.3, -0.25) is 4.79 Å². The number of methoxy groups -OCH3 is 2. The van der Waals surface area contributed by atoms with Crippen molar-refractivity contribution in [2.75, 3.05) is 14.2 Å². The number of benzene rings is 1. The first-order chi connectivity index (χ1) is 15.9. The molecule has 2 aromatic heterocycles. The molecular weight excluding hydrogens is 444 g/mol. The summed E-state index contributed by atoms with van der Waals surface area (Å²) in [5, 5.41) is 12.6. The standard InChI is InChI=1S/C24H24N2O6S/c1-31-22-19(18-9-13-16(26-24(30)32-2)4-3-5-17(13)33-18)12(11-6-7-11)8-14-20(22)25-10-15(21(14)27)23(28)29/h8-11,16H,3-7H2,1-2H3,(H,25,27)(H,26,30)(H,28,29). The smallest absolute Gasteiger partial charge is 0.407 e. The first-order valence-electron chi connectivity index (χ1n) is 10.9. The summed E-state index contributed by atoms with van der Waals surface area (Å²) >= 11 is 1.68. The van der Waals surface area contributed by atoms with E-state index in [-0.39, 0.29) is 11.6 Å². The lowest BCUT2D eigenvalue weighted by Gasteiger charge is -2.22. The zero-order valence-electron chi connectivity index (χ0n) is 18.3. The van der Waals surface area contributed by atoms with Crippen LogP contribution < -0.4 is 15.5 Å². The van der Waals surface area contributed by atoms with Gasteiger partial charge in [0.25, 0.3) is 0 Å². The fraction of sp³-hybridized carbons (Fsp3) is 0.375. The highest BCUT2D eigenvalue weighted by atomic mass is 32.1. The number of carbonyl (C=O) groups is 2. The molecule has 0 bridgehead atoms. The number of nitrogens with one attached hydrogen (secondary N) is 2. The highest BCUT2D eigenvalue weighted by Crippen LogP contribution is 2.52. The fourth-order valence-electron chi connectivity index (χ4n) is 4.72. The number of amides is 1. The molecule has 0 spiro atoms. The number of aromatic amines is 1. The molecular formula is C24H24N2O6S. The van der Waals surface area contributed by atoms with Crippen LogP contribution in [0.25, 0.3) is 21.3 Å². The van der Waals surface area contributed by atoms with Crippen LogP contribution in [0, 0.1) is 0 Å². The molecule has 1 saturated carbocycles. The van der Waals surface area contributed by atoms with E-state index >= 15 is 0 Å². The van der Waals surface area contributed by atoms with Crippen LogP contribution in [0.2, 0.25) is 0 Å². The van der Waals surface area contributed by atoms with E-state index in [2.05, 4.69) is 16.4 Å². The van der Waals surface area contributed by atoms with Crippen molar-refractivity contribution in [2.45, 2.75) is 44.1 Å². The van der Waals surface area contributed by atoms with E-state index in [4.69, 9.17) is 9.47 Å². The third-order valence-corrected chi connectivity index (χ3v) is 7.68. The number of fused-ring (bicyclic) bond motifs is 2. The minimum atomic E-state index is -1.26. The fourth-order valence-corrected chi connectivity index (χ4v) is 6.05. The van der Waals surface area contributed by atoms with Crippen LogP contribution in [0.15, 0.2) is 23.1 Å². The minimum absolute atomic E-state index is 0.111. The summed E-state index contributed by atoms with van der Waals surface area (Å²) in [6.07, 6.45) is 5.55. The Morgan fingerprint density at radius 2 is 1.97 bits per heavy atom. The number of carboxylic acid groups (broad SMARTS) is 1. The second-order valence-corrected chi connectivity index (χ2v) is 9.61. The maximum atomic E-state index is 12.9. The summed E-state index contributed by atoms with van der Waals surface area (Å²) in [5.41, 5.74) is 2.71. The predicted octanol–water partition coefficient (Wildman–Crippen LogP) is 4.57. The molecule has 1 fully saturated rings. The van der Waals surface area contributed by atoms with E-state index < -0.39 is 17.5 Å². The number of hydrogen-bond acceptors (Lipinski definition) is 6. The largest absolute Gasteiger partial charge is 0.494 e. The summed E-state index contributed by atoms with van der Waals surface area (Å²) in [4.78, 5) is 41.5. The molecule has 2 heterocycles. The number of H-pyrrole nitrogens is 1. The van der Waals surface area contributed by atoms with Gasteiger partial charge in [-0.2, -0.15) is 0 Å². The van der Waals surface area contributed by atoms with Gasteiger partial charge < -0.3 is 24.9 Å². The number of thiophene rings is 1. The molecule has 0 radical (unpaired) electrons. The average Bonchev–Trinajstić information content (AvgIpc) is 3.56. The first kappa shape index (κ1) is 21.5.